The molecule has 0 bridgehead atoms. The fraction of sp³-hybridized carbons (Fsp3) is 0.259. The average molecular weight is 410 g/mol. The van der Waals surface area contributed by atoms with Crippen LogP contribution in [0.3, 0.4) is 0 Å². The van der Waals surface area contributed by atoms with Crippen LogP contribution >= 0.6 is 0 Å². The van der Waals surface area contributed by atoms with Crippen molar-refractivity contribution in [3.8, 4) is 11.4 Å². The van der Waals surface area contributed by atoms with Crippen molar-refractivity contribution in [3.63, 3.8) is 0 Å². The Morgan fingerprint density at radius 1 is 1.03 bits per heavy atom. The van der Waals surface area contributed by atoms with Crippen LogP contribution < -0.4 is 10.5 Å². The molecule has 3 aromatic carbocycles. The number of para-hydroxylation sites is 1. The van der Waals surface area contributed by atoms with Gasteiger partial charge in [0.15, 0.2) is 0 Å². The van der Waals surface area contributed by atoms with Crippen molar-refractivity contribution in [1.82, 2.24) is 9.97 Å². The molecule has 0 aliphatic carbocycles. The molecule has 1 unspecified atom stereocenters. The summed E-state index contributed by atoms with van der Waals surface area (Å²) >= 11 is 0. The number of aromatic amines is 1. The van der Waals surface area contributed by atoms with E-state index >= 15 is 0 Å². The Kier molecular flexibility index (Phi) is 4.66. The van der Waals surface area contributed by atoms with Crippen molar-refractivity contribution in [1.29, 1.82) is 0 Å². The summed E-state index contributed by atoms with van der Waals surface area (Å²) in [5.74, 6) is 1.04. The van der Waals surface area contributed by atoms with Gasteiger partial charge in [0.1, 0.15) is 5.82 Å². The molecule has 1 aliphatic heterocycles. The lowest BCUT2D eigenvalue weighted by molar-refractivity contribution is 0.374. The number of rotatable bonds is 3. The lowest BCUT2D eigenvalue weighted by Crippen LogP contribution is -2.47. The fourth-order valence-electron chi connectivity index (χ4n) is 4.93. The highest BCUT2D eigenvalue weighted by Gasteiger charge is 2.36. The standard InChI is InChI=1S/C27H27N3O/c1-18-16-27(2,3)30(17-19-9-5-4-6-10-19)24-14-13-20(15-22(18)24)25-28-23-12-8-7-11-21(23)26(31)29-25/h4-15,18H,16-17H2,1-3H3,(H,28,29,31). The first-order valence-electron chi connectivity index (χ1n) is 10.9. The highest BCUT2D eigenvalue weighted by atomic mass is 16.1. The van der Waals surface area contributed by atoms with E-state index in [1.54, 1.807) is 0 Å². The molecule has 0 amide bonds. The number of nitrogens with zero attached hydrogens (tertiary/aromatic N) is 2. The van der Waals surface area contributed by atoms with Gasteiger partial charge in [-0.25, -0.2) is 4.98 Å². The summed E-state index contributed by atoms with van der Waals surface area (Å²) in [4.78, 5) is 22.8. The third kappa shape index (κ3) is 3.52. The summed E-state index contributed by atoms with van der Waals surface area (Å²) in [6.45, 7) is 7.82. The SMILES string of the molecule is CC1CC(C)(C)N(Cc2ccccc2)c2ccc(-c3nc4ccccc4c(=O)[nH]3)cc21. The van der Waals surface area contributed by atoms with E-state index in [1.807, 2.05) is 24.3 Å². The van der Waals surface area contributed by atoms with Crippen molar-refractivity contribution in [2.24, 2.45) is 0 Å². The smallest absolute Gasteiger partial charge is 0.259 e. The second kappa shape index (κ2) is 7.38. The van der Waals surface area contributed by atoms with Crippen molar-refractivity contribution >= 4 is 16.6 Å². The molecule has 0 fully saturated rings. The molecule has 5 rings (SSSR count). The third-order valence-electron chi connectivity index (χ3n) is 6.46. The van der Waals surface area contributed by atoms with Gasteiger partial charge in [0.25, 0.3) is 5.56 Å². The first-order chi connectivity index (χ1) is 14.9. The molecule has 1 aromatic heterocycles. The molecule has 4 nitrogen and oxygen atoms in total. The van der Waals surface area contributed by atoms with E-state index in [-0.39, 0.29) is 11.1 Å². The Morgan fingerprint density at radius 3 is 2.58 bits per heavy atom. The van der Waals surface area contributed by atoms with Gasteiger partial charge in [-0.2, -0.15) is 0 Å². The Balaban J connectivity index is 1.59. The van der Waals surface area contributed by atoms with Gasteiger partial charge in [-0.05, 0) is 67.6 Å². The molecule has 4 heteroatoms. The maximum Gasteiger partial charge on any atom is 0.259 e. The Hall–Kier alpha value is -3.40. The lowest BCUT2D eigenvalue weighted by atomic mass is 9.79. The van der Waals surface area contributed by atoms with Crippen LogP contribution in [0.2, 0.25) is 0 Å². The van der Waals surface area contributed by atoms with Crippen LogP contribution in [-0.2, 0) is 6.54 Å². The number of aromatic nitrogens is 2. The Bertz CT molecular complexity index is 1310. The van der Waals surface area contributed by atoms with Crippen molar-refractivity contribution in [3.05, 3.63) is 94.3 Å². The minimum atomic E-state index is -0.0989. The molecule has 0 radical (unpaired) electrons. The van der Waals surface area contributed by atoms with Gasteiger partial charge in [0, 0.05) is 23.3 Å². The Labute approximate surface area is 182 Å². The van der Waals surface area contributed by atoms with Gasteiger partial charge < -0.3 is 9.88 Å². The second-order valence-corrected chi connectivity index (χ2v) is 9.19. The van der Waals surface area contributed by atoms with Crippen LogP contribution in [0.1, 0.15) is 44.2 Å². The lowest BCUT2D eigenvalue weighted by Gasteiger charge is -2.47. The number of hydrogen-bond acceptors (Lipinski definition) is 3. The molecule has 0 saturated carbocycles. The molecule has 2 heterocycles. The first kappa shape index (κ1) is 19.6. The van der Waals surface area contributed by atoms with Gasteiger partial charge in [0.2, 0.25) is 0 Å². The first-order valence-corrected chi connectivity index (χ1v) is 10.9. The van der Waals surface area contributed by atoms with E-state index in [0.29, 0.717) is 17.1 Å². The fourth-order valence-corrected chi connectivity index (χ4v) is 4.93. The minimum absolute atomic E-state index is 0.0548. The molecule has 1 aliphatic rings. The van der Waals surface area contributed by atoms with Gasteiger partial charge in [0.05, 0.1) is 10.9 Å². The monoisotopic (exact) mass is 409 g/mol. The van der Waals surface area contributed by atoms with Gasteiger partial charge in [-0.1, -0.05) is 49.4 Å². The second-order valence-electron chi connectivity index (χ2n) is 9.19. The zero-order valence-corrected chi connectivity index (χ0v) is 18.2. The van der Waals surface area contributed by atoms with Gasteiger partial charge in [-0.3, -0.25) is 4.79 Å². The van der Waals surface area contributed by atoms with E-state index in [9.17, 15) is 4.79 Å². The summed E-state index contributed by atoms with van der Waals surface area (Å²) in [6.07, 6.45) is 1.07. The molecule has 4 aromatic rings. The number of fused-ring (bicyclic) bond motifs is 2. The zero-order chi connectivity index (χ0) is 21.6. The van der Waals surface area contributed by atoms with Crippen LogP contribution in [0.5, 0.6) is 0 Å². The Morgan fingerprint density at radius 2 is 1.77 bits per heavy atom. The predicted molar refractivity (Wildman–Crippen MR) is 128 cm³/mol. The quantitative estimate of drug-likeness (QED) is 0.459. The van der Waals surface area contributed by atoms with Crippen LogP contribution in [-0.4, -0.2) is 15.5 Å². The molecule has 1 N–H and O–H groups in total. The van der Waals surface area contributed by atoms with Crippen molar-refractivity contribution < 1.29 is 0 Å². The van der Waals surface area contributed by atoms with Crippen LogP contribution in [0, 0.1) is 0 Å². The molecule has 31 heavy (non-hydrogen) atoms. The summed E-state index contributed by atoms with van der Waals surface area (Å²) in [5, 5.41) is 0.619. The van der Waals surface area contributed by atoms with E-state index in [0.717, 1.165) is 24.0 Å². The number of nitrogens with one attached hydrogen (secondary N) is 1. The highest BCUT2D eigenvalue weighted by molar-refractivity contribution is 5.79. The summed E-state index contributed by atoms with van der Waals surface area (Å²) < 4.78 is 0. The van der Waals surface area contributed by atoms with E-state index < -0.39 is 0 Å². The van der Waals surface area contributed by atoms with Gasteiger partial charge in [-0.15, -0.1) is 0 Å². The topological polar surface area (TPSA) is 49.0 Å². The van der Waals surface area contributed by atoms with Crippen LogP contribution in [0.15, 0.2) is 77.6 Å². The largest absolute Gasteiger partial charge is 0.362 e. The van der Waals surface area contributed by atoms with Crippen molar-refractivity contribution in [2.45, 2.75) is 45.2 Å². The zero-order valence-electron chi connectivity index (χ0n) is 18.2. The molecular formula is C27H27N3O. The van der Waals surface area contributed by atoms with E-state index in [2.05, 4.69) is 79.2 Å². The summed E-state index contributed by atoms with van der Waals surface area (Å²) in [6, 6.07) is 24.6. The van der Waals surface area contributed by atoms with Gasteiger partial charge >= 0.3 is 0 Å². The normalized spacial score (nSPS) is 17.5. The third-order valence-corrected chi connectivity index (χ3v) is 6.46. The summed E-state index contributed by atoms with van der Waals surface area (Å²) in [7, 11) is 0. The number of benzene rings is 3. The molecule has 0 spiro atoms. The highest BCUT2D eigenvalue weighted by Crippen LogP contribution is 2.45. The number of anilines is 1. The molecule has 0 saturated heterocycles. The molecule has 156 valence electrons. The van der Waals surface area contributed by atoms with E-state index in [4.69, 9.17) is 4.98 Å². The molecular weight excluding hydrogens is 382 g/mol. The predicted octanol–water partition coefficient (Wildman–Crippen LogP) is 5.88. The minimum Gasteiger partial charge on any atom is -0.362 e. The average Bonchev–Trinajstić information content (AvgIpc) is 2.77. The number of H-pyrrole nitrogens is 1. The maximum absolute atomic E-state index is 12.6. The maximum atomic E-state index is 12.6. The van der Waals surface area contributed by atoms with Crippen LogP contribution in [0.4, 0.5) is 5.69 Å². The summed E-state index contributed by atoms with van der Waals surface area (Å²) in [5.41, 5.74) is 5.51. The number of hydrogen-bond donors (Lipinski definition) is 1. The van der Waals surface area contributed by atoms with E-state index in [1.165, 1.54) is 16.8 Å². The molecule has 1 atom stereocenters. The van der Waals surface area contributed by atoms with Crippen molar-refractivity contribution in [2.75, 3.05) is 4.90 Å². The van der Waals surface area contributed by atoms with Crippen LogP contribution in [0.25, 0.3) is 22.3 Å².